The largest absolute Gasteiger partial charge is 0.497 e. The fraction of sp³-hybridized carbons (Fsp3) is 0.273. The average Bonchev–Trinajstić information content (AvgIpc) is 3.33. The molecule has 168 valence electrons. The third-order valence-corrected chi connectivity index (χ3v) is 6.29. The second-order valence-corrected chi connectivity index (χ2v) is 8.70. The van der Waals surface area contributed by atoms with Crippen molar-refractivity contribution in [3.63, 3.8) is 0 Å². The SMILES string of the molecule is COc1ccc(C2(C(N)=O)NOC(C)(C)N2OC(=O)c2cc3ccccc3s2)c(OC)c1. The molecule has 9 nitrogen and oxygen atoms in total. The first kappa shape index (κ1) is 22.0. The Balaban J connectivity index is 1.79. The van der Waals surface area contributed by atoms with E-state index in [9.17, 15) is 9.59 Å². The van der Waals surface area contributed by atoms with Gasteiger partial charge in [0, 0.05) is 16.3 Å². The van der Waals surface area contributed by atoms with Gasteiger partial charge in [0.05, 0.1) is 14.2 Å². The molecule has 3 N–H and O–H groups in total. The van der Waals surface area contributed by atoms with Gasteiger partial charge in [-0.15, -0.1) is 11.3 Å². The van der Waals surface area contributed by atoms with Gasteiger partial charge in [-0.05, 0) is 43.5 Å². The molecular formula is C22H23N3O6S. The summed E-state index contributed by atoms with van der Waals surface area (Å²) >= 11 is 1.29. The first-order valence-corrected chi connectivity index (χ1v) is 10.5. The van der Waals surface area contributed by atoms with E-state index < -0.39 is 23.3 Å². The fourth-order valence-electron chi connectivity index (χ4n) is 3.62. The van der Waals surface area contributed by atoms with E-state index in [0.717, 1.165) is 15.1 Å². The molecule has 1 saturated heterocycles. The summed E-state index contributed by atoms with van der Waals surface area (Å²) in [6, 6.07) is 14.2. The van der Waals surface area contributed by atoms with Crippen LogP contribution in [-0.4, -0.2) is 36.9 Å². The minimum atomic E-state index is -1.85. The van der Waals surface area contributed by atoms with E-state index in [1.54, 1.807) is 38.1 Å². The quantitative estimate of drug-likeness (QED) is 0.581. The Morgan fingerprint density at radius 2 is 1.84 bits per heavy atom. The van der Waals surface area contributed by atoms with Gasteiger partial charge in [0.1, 0.15) is 16.4 Å². The topological polar surface area (TPSA) is 112 Å². The second-order valence-electron chi connectivity index (χ2n) is 7.61. The van der Waals surface area contributed by atoms with Crippen LogP contribution in [0.1, 0.15) is 29.1 Å². The Labute approximate surface area is 188 Å². The molecule has 0 bridgehead atoms. The number of carbonyl (C=O) groups is 2. The van der Waals surface area contributed by atoms with Crippen LogP contribution in [0.4, 0.5) is 0 Å². The number of thiophene rings is 1. The van der Waals surface area contributed by atoms with Gasteiger partial charge in [-0.1, -0.05) is 23.3 Å². The van der Waals surface area contributed by atoms with Crippen LogP contribution in [-0.2, 0) is 20.1 Å². The number of hydroxylamine groups is 3. The molecule has 0 saturated carbocycles. The van der Waals surface area contributed by atoms with Crippen LogP contribution in [0.25, 0.3) is 10.1 Å². The standard InChI is InChI=1S/C22H23N3O6S/c1-21(2)25(30-19(26)18-11-13-7-5-6-8-17(13)32-18)22(20(23)27,24-31-21)15-10-9-14(28-3)12-16(15)29-4/h5-12,24H,1-4H3,(H2,23,27). The summed E-state index contributed by atoms with van der Waals surface area (Å²) in [6.45, 7) is 3.28. The predicted molar refractivity (Wildman–Crippen MR) is 118 cm³/mol. The Morgan fingerprint density at radius 1 is 1.09 bits per heavy atom. The molecule has 4 rings (SSSR count). The number of nitrogens with one attached hydrogen (secondary N) is 1. The molecule has 2 heterocycles. The summed E-state index contributed by atoms with van der Waals surface area (Å²) in [6.07, 6.45) is 0. The van der Waals surface area contributed by atoms with Crippen LogP contribution in [0.15, 0.2) is 48.5 Å². The highest BCUT2D eigenvalue weighted by molar-refractivity contribution is 7.20. The average molecular weight is 458 g/mol. The molecule has 1 amide bonds. The molecule has 0 radical (unpaired) electrons. The first-order chi connectivity index (χ1) is 15.2. The fourth-order valence-corrected chi connectivity index (χ4v) is 4.55. The molecule has 3 aromatic rings. The number of primary amides is 1. The Hall–Kier alpha value is -3.18. The molecule has 1 aromatic heterocycles. The van der Waals surface area contributed by atoms with E-state index in [1.807, 2.05) is 24.3 Å². The van der Waals surface area contributed by atoms with Crippen molar-refractivity contribution >= 4 is 33.3 Å². The van der Waals surface area contributed by atoms with E-state index in [2.05, 4.69) is 5.48 Å². The van der Waals surface area contributed by atoms with Crippen molar-refractivity contribution in [1.29, 1.82) is 0 Å². The van der Waals surface area contributed by atoms with Crippen molar-refractivity contribution in [2.45, 2.75) is 25.2 Å². The van der Waals surface area contributed by atoms with Gasteiger partial charge in [0.25, 0.3) is 5.91 Å². The molecule has 32 heavy (non-hydrogen) atoms. The molecular weight excluding hydrogens is 434 g/mol. The zero-order valence-electron chi connectivity index (χ0n) is 18.0. The van der Waals surface area contributed by atoms with Gasteiger partial charge in [-0.3, -0.25) is 9.63 Å². The number of rotatable bonds is 6. The number of fused-ring (bicyclic) bond motifs is 1. The normalized spacial score (nSPS) is 20.2. The highest BCUT2D eigenvalue weighted by atomic mass is 32.1. The summed E-state index contributed by atoms with van der Waals surface area (Å²) in [4.78, 5) is 37.8. The number of ether oxygens (including phenoxy) is 2. The summed E-state index contributed by atoms with van der Waals surface area (Å²) in [5, 5.41) is 2.04. The van der Waals surface area contributed by atoms with Gasteiger partial charge in [0.2, 0.25) is 5.66 Å². The third kappa shape index (κ3) is 3.47. The second kappa shape index (κ2) is 8.06. The molecule has 0 spiro atoms. The summed E-state index contributed by atoms with van der Waals surface area (Å²) in [7, 11) is 2.96. The lowest BCUT2D eigenvalue weighted by Gasteiger charge is -2.36. The molecule has 1 aliphatic rings. The number of carbonyl (C=O) groups excluding carboxylic acids is 2. The zero-order chi connectivity index (χ0) is 23.1. The summed E-state index contributed by atoms with van der Waals surface area (Å²) in [5.74, 6) is -0.697. The Bertz CT molecular complexity index is 1160. The number of amides is 1. The van der Waals surface area contributed by atoms with Crippen molar-refractivity contribution < 1.29 is 28.7 Å². The van der Waals surface area contributed by atoms with Crippen molar-refractivity contribution in [2.24, 2.45) is 5.73 Å². The maximum absolute atomic E-state index is 13.1. The highest BCUT2D eigenvalue weighted by Crippen LogP contribution is 2.43. The number of nitrogens with zero attached hydrogens (tertiary/aromatic N) is 1. The molecule has 1 fully saturated rings. The zero-order valence-corrected chi connectivity index (χ0v) is 18.8. The minimum absolute atomic E-state index is 0.292. The van der Waals surface area contributed by atoms with Crippen molar-refractivity contribution in [3.8, 4) is 11.5 Å². The molecule has 10 heteroatoms. The molecule has 1 aliphatic heterocycles. The van der Waals surface area contributed by atoms with Gasteiger partial charge < -0.3 is 20.0 Å². The van der Waals surface area contributed by atoms with Crippen LogP contribution in [0.5, 0.6) is 11.5 Å². The van der Waals surface area contributed by atoms with E-state index in [0.29, 0.717) is 21.9 Å². The predicted octanol–water partition coefficient (Wildman–Crippen LogP) is 2.90. The van der Waals surface area contributed by atoms with E-state index >= 15 is 0 Å². The van der Waals surface area contributed by atoms with Crippen LogP contribution in [0, 0.1) is 0 Å². The lowest BCUT2D eigenvalue weighted by atomic mass is 9.96. The number of hydrogen-bond donors (Lipinski definition) is 2. The highest BCUT2D eigenvalue weighted by Gasteiger charge is 2.61. The number of methoxy groups -OCH3 is 2. The lowest BCUT2D eigenvalue weighted by Crippen LogP contribution is -2.60. The number of benzene rings is 2. The first-order valence-electron chi connectivity index (χ1n) is 9.71. The maximum Gasteiger partial charge on any atom is 0.367 e. The third-order valence-electron chi connectivity index (χ3n) is 5.20. The Kier molecular flexibility index (Phi) is 5.55. The smallest absolute Gasteiger partial charge is 0.367 e. The number of hydrogen-bond acceptors (Lipinski definition) is 9. The van der Waals surface area contributed by atoms with E-state index in [1.165, 1.54) is 25.6 Å². The van der Waals surface area contributed by atoms with E-state index in [4.69, 9.17) is 24.9 Å². The molecule has 1 atom stereocenters. The molecule has 0 aliphatic carbocycles. The van der Waals surface area contributed by atoms with Gasteiger partial charge in [-0.25, -0.2) is 4.79 Å². The van der Waals surface area contributed by atoms with E-state index in [-0.39, 0.29) is 0 Å². The van der Waals surface area contributed by atoms with Crippen LogP contribution < -0.4 is 20.7 Å². The van der Waals surface area contributed by atoms with Crippen molar-refractivity contribution in [1.82, 2.24) is 10.5 Å². The lowest BCUT2D eigenvalue weighted by molar-refractivity contribution is -0.238. The van der Waals surface area contributed by atoms with Gasteiger partial charge >= 0.3 is 5.97 Å². The van der Waals surface area contributed by atoms with Crippen LogP contribution in [0.3, 0.4) is 0 Å². The van der Waals surface area contributed by atoms with Crippen molar-refractivity contribution in [2.75, 3.05) is 14.2 Å². The van der Waals surface area contributed by atoms with Crippen LogP contribution >= 0.6 is 11.3 Å². The van der Waals surface area contributed by atoms with Gasteiger partial charge in [-0.2, -0.15) is 5.48 Å². The van der Waals surface area contributed by atoms with Gasteiger partial charge in [0.15, 0.2) is 5.72 Å². The Morgan fingerprint density at radius 3 is 2.50 bits per heavy atom. The summed E-state index contributed by atoms with van der Waals surface area (Å²) in [5.41, 5.74) is 5.72. The maximum atomic E-state index is 13.1. The minimum Gasteiger partial charge on any atom is -0.497 e. The summed E-state index contributed by atoms with van der Waals surface area (Å²) < 4.78 is 11.7. The van der Waals surface area contributed by atoms with Crippen LogP contribution in [0.2, 0.25) is 0 Å². The monoisotopic (exact) mass is 457 g/mol. The molecule has 2 aromatic carbocycles. The number of nitrogens with two attached hydrogens (primary N) is 1. The van der Waals surface area contributed by atoms with Crippen molar-refractivity contribution in [3.05, 3.63) is 59.0 Å². The molecule has 1 unspecified atom stereocenters.